The molecule has 31 heavy (non-hydrogen) atoms. The summed E-state index contributed by atoms with van der Waals surface area (Å²) in [6.45, 7) is 7.31. The average molecular weight is 444 g/mol. The van der Waals surface area contributed by atoms with Crippen LogP contribution < -0.4 is 10.2 Å². The molecule has 6 heteroatoms. The molecule has 0 heterocycles. The predicted molar refractivity (Wildman–Crippen MR) is 130 cm³/mol. The van der Waals surface area contributed by atoms with Crippen LogP contribution in [0.5, 0.6) is 0 Å². The Bertz CT molecular complexity index is 896. The van der Waals surface area contributed by atoms with Crippen molar-refractivity contribution in [2.75, 3.05) is 36.7 Å². The highest BCUT2D eigenvalue weighted by Gasteiger charge is 2.20. The van der Waals surface area contributed by atoms with Crippen LogP contribution >= 0.6 is 11.6 Å². The Balaban J connectivity index is 2.33. The van der Waals surface area contributed by atoms with Crippen molar-refractivity contribution in [1.82, 2.24) is 4.90 Å². The van der Waals surface area contributed by atoms with Gasteiger partial charge in [-0.05, 0) is 55.2 Å². The van der Waals surface area contributed by atoms with Crippen LogP contribution in [-0.2, 0) is 11.3 Å². The Kier molecular flexibility index (Phi) is 9.38. The predicted octanol–water partition coefficient (Wildman–Crippen LogP) is 5.32. The van der Waals surface area contributed by atoms with E-state index in [4.69, 9.17) is 11.6 Å². The summed E-state index contributed by atoms with van der Waals surface area (Å²) in [6.07, 6.45) is 1.03. The number of hydrogen-bond acceptors (Lipinski definition) is 3. The summed E-state index contributed by atoms with van der Waals surface area (Å²) >= 11 is 5.70. The normalized spacial score (nSPS) is 10.8. The molecule has 0 fully saturated rings. The van der Waals surface area contributed by atoms with Crippen LogP contribution in [0, 0.1) is 12.8 Å². The molecule has 0 atom stereocenters. The third-order valence-electron chi connectivity index (χ3n) is 4.88. The molecule has 1 N–H and O–H groups in total. The summed E-state index contributed by atoms with van der Waals surface area (Å²) in [6, 6.07) is 13.5. The van der Waals surface area contributed by atoms with Gasteiger partial charge in [-0.3, -0.25) is 9.59 Å². The number of rotatable bonds is 10. The minimum absolute atomic E-state index is 0.0126. The van der Waals surface area contributed by atoms with Gasteiger partial charge in [-0.25, -0.2) is 0 Å². The Morgan fingerprint density at radius 3 is 2.45 bits per heavy atom. The molecule has 2 aromatic rings. The summed E-state index contributed by atoms with van der Waals surface area (Å²) in [5, 5.41) is 2.95. The lowest BCUT2D eigenvalue weighted by Gasteiger charge is -2.28. The Morgan fingerprint density at radius 2 is 1.84 bits per heavy atom. The number of carbonyl (C=O) groups excluding carboxylic acids is 2. The minimum Gasteiger partial charge on any atom is -0.377 e. The maximum absolute atomic E-state index is 13.3. The van der Waals surface area contributed by atoms with Crippen molar-refractivity contribution in [3.8, 4) is 0 Å². The number of nitrogens with zero attached hydrogens (tertiary/aromatic N) is 2. The smallest absolute Gasteiger partial charge is 0.254 e. The van der Waals surface area contributed by atoms with E-state index in [2.05, 4.69) is 19.2 Å². The number of nitrogens with one attached hydrogen (secondary N) is 1. The van der Waals surface area contributed by atoms with Crippen molar-refractivity contribution in [1.29, 1.82) is 0 Å². The Hall–Kier alpha value is -2.53. The van der Waals surface area contributed by atoms with Crippen molar-refractivity contribution in [3.63, 3.8) is 0 Å². The molecule has 0 aromatic heterocycles. The molecular formula is C25H34ClN3O2. The zero-order chi connectivity index (χ0) is 23.0. The number of halogens is 1. The van der Waals surface area contributed by atoms with Gasteiger partial charge in [-0.2, -0.15) is 0 Å². The fraction of sp³-hybridized carbons (Fsp3) is 0.440. The van der Waals surface area contributed by atoms with Gasteiger partial charge in [0.05, 0.1) is 0 Å². The number of hydrogen-bond donors (Lipinski definition) is 1. The van der Waals surface area contributed by atoms with Gasteiger partial charge in [0.2, 0.25) is 5.91 Å². The highest BCUT2D eigenvalue weighted by atomic mass is 35.5. The van der Waals surface area contributed by atoms with E-state index in [9.17, 15) is 9.59 Å². The standard InChI is InChI=1S/C25H34ClN3O2/c1-18(2)16-29(25(31)20-9-6-8-19(3)14-20)17-21-15-22(11-12-23(21)28(4)5)27-24(30)10-7-13-26/h6,8-9,11-12,14-15,18H,7,10,13,16-17H2,1-5H3,(H,27,30). The van der Waals surface area contributed by atoms with E-state index in [1.165, 1.54) is 0 Å². The fourth-order valence-electron chi connectivity index (χ4n) is 3.50. The van der Waals surface area contributed by atoms with E-state index in [0.717, 1.165) is 22.5 Å². The summed E-state index contributed by atoms with van der Waals surface area (Å²) in [4.78, 5) is 29.4. The third-order valence-corrected chi connectivity index (χ3v) is 5.15. The molecule has 2 amide bonds. The molecule has 0 saturated heterocycles. The van der Waals surface area contributed by atoms with Gasteiger partial charge >= 0.3 is 0 Å². The van der Waals surface area contributed by atoms with E-state index in [1.807, 2.05) is 73.3 Å². The third kappa shape index (κ3) is 7.59. The molecule has 0 radical (unpaired) electrons. The van der Waals surface area contributed by atoms with Gasteiger partial charge in [0.15, 0.2) is 0 Å². The molecule has 0 aliphatic rings. The van der Waals surface area contributed by atoms with Crippen LogP contribution in [0.2, 0.25) is 0 Å². The van der Waals surface area contributed by atoms with Crippen molar-refractivity contribution in [2.24, 2.45) is 5.92 Å². The molecule has 2 aromatic carbocycles. The van der Waals surface area contributed by atoms with Gasteiger partial charge in [-0.1, -0.05) is 31.5 Å². The largest absolute Gasteiger partial charge is 0.377 e. The van der Waals surface area contributed by atoms with Crippen LogP contribution in [0.4, 0.5) is 11.4 Å². The average Bonchev–Trinajstić information content (AvgIpc) is 2.71. The second kappa shape index (κ2) is 11.8. The molecule has 168 valence electrons. The van der Waals surface area contributed by atoms with Crippen LogP contribution in [0.1, 0.15) is 48.2 Å². The van der Waals surface area contributed by atoms with E-state index in [-0.39, 0.29) is 11.8 Å². The van der Waals surface area contributed by atoms with Gasteiger partial charge in [0.25, 0.3) is 5.91 Å². The van der Waals surface area contributed by atoms with Crippen molar-refractivity contribution < 1.29 is 9.59 Å². The molecule has 0 aliphatic heterocycles. The highest BCUT2D eigenvalue weighted by molar-refractivity contribution is 6.18. The van der Waals surface area contributed by atoms with Crippen LogP contribution in [0.15, 0.2) is 42.5 Å². The molecule has 2 rings (SSSR count). The lowest BCUT2D eigenvalue weighted by atomic mass is 10.1. The van der Waals surface area contributed by atoms with Crippen molar-refractivity contribution >= 4 is 34.8 Å². The lowest BCUT2D eigenvalue weighted by molar-refractivity contribution is -0.116. The first-order valence-corrected chi connectivity index (χ1v) is 11.3. The summed E-state index contributed by atoms with van der Waals surface area (Å²) < 4.78 is 0. The number of alkyl halides is 1. The van der Waals surface area contributed by atoms with Gasteiger partial charge < -0.3 is 15.1 Å². The molecule has 0 aliphatic carbocycles. The van der Waals surface area contributed by atoms with Crippen LogP contribution in [0.3, 0.4) is 0 Å². The Labute approximate surface area is 191 Å². The first-order valence-electron chi connectivity index (χ1n) is 10.7. The van der Waals surface area contributed by atoms with Gasteiger partial charge in [0, 0.05) is 56.4 Å². The maximum Gasteiger partial charge on any atom is 0.254 e. The summed E-state index contributed by atoms with van der Waals surface area (Å²) in [7, 11) is 3.96. The summed E-state index contributed by atoms with van der Waals surface area (Å²) in [5.41, 5.74) is 4.49. The second-order valence-electron chi connectivity index (χ2n) is 8.53. The molecule has 0 unspecified atom stereocenters. The summed E-state index contributed by atoms with van der Waals surface area (Å²) in [5.74, 6) is 0.747. The molecule has 5 nitrogen and oxygen atoms in total. The first-order chi connectivity index (χ1) is 14.7. The number of benzene rings is 2. The number of anilines is 2. The van der Waals surface area contributed by atoms with E-state index < -0.39 is 0 Å². The van der Waals surface area contributed by atoms with Crippen molar-refractivity contribution in [3.05, 3.63) is 59.2 Å². The minimum atomic E-state index is -0.0564. The topological polar surface area (TPSA) is 52.7 Å². The SMILES string of the molecule is Cc1cccc(C(=O)N(Cc2cc(NC(=O)CCCCl)ccc2N(C)C)CC(C)C)c1. The molecular weight excluding hydrogens is 410 g/mol. The monoisotopic (exact) mass is 443 g/mol. The van der Waals surface area contributed by atoms with Crippen LogP contribution in [0.25, 0.3) is 0 Å². The number of aryl methyl sites for hydroxylation is 1. The van der Waals surface area contributed by atoms with E-state index >= 15 is 0 Å². The Morgan fingerprint density at radius 1 is 1.10 bits per heavy atom. The zero-order valence-electron chi connectivity index (χ0n) is 19.2. The molecule has 0 saturated carbocycles. The van der Waals surface area contributed by atoms with Crippen LogP contribution in [-0.4, -0.2) is 43.2 Å². The molecule has 0 spiro atoms. The number of amides is 2. The first kappa shape index (κ1) is 24.7. The fourth-order valence-corrected chi connectivity index (χ4v) is 3.64. The lowest BCUT2D eigenvalue weighted by Crippen LogP contribution is -2.34. The van der Waals surface area contributed by atoms with E-state index in [0.29, 0.717) is 43.3 Å². The number of carbonyl (C=O) groups is 2. The molecule has 0 bridgehead atoms. The van der Waals surface area contributed by atoms with Gasteiger partial charge in [-0.15, -0.1) is 11.6 Å². The highest BCUT2D eigenvalue weighted by Crippen LogP contribution is 2.26. The zero-order valence-corrected chi connectivity index (χ0v) is 20.0. The van der Waals surface area contributed by atoms with Crippen molar-refractivity contribution in [2.45, 2.75) is 40.2 Å². The van der Waals surface area contributed by atoms with Gasteiger partial charge in [0.1, 0.15) is 0 Å². The quantitative estimate of drug-likeness (QED) is 0.506. The maximum atomic E-state index is 13.3. The second-order valence-corrected chi connectivity index (χ2v) is 8.91. The van der Waals surface area contributed by atoms with E-state index in [1.54, 1.807) is 0 Å².